The quantitative estimate of drug-likeness (QED) is 0.262. The van der Waals surface area contributed by atoms with Gasteiger partial charge in [-0.3, -0.25) is 9.59 Å². The predicted molar refractivity (Wildman–Crippen MR) is 143 cm³/mol. The van der Waals surface area contributed by atoms with Crippen molar-refractivity contribution in [3.8, 4) is 0 Å². The summed E-state index contributed by atoms with van der Waals surface area (Å²) >= 11 is 0. The van der Waals surface area contributed by atoms with Gasteiger partial charge < -0.3 is 9.47 Å². The van der Waals surface area contributed by atoms with Gasteiger partial charge in [0, 0.05) is 23.4 Å². The minimum atomic E-state index is -4.01. The average Bonchev–Trinajstić information content (AvgIpc) is 3.28. The number of aryl methyl sites for hydroxylation is 1. The number of hydrogen-bond donors (Lipinski definition) is 0. The molecule has 1 unspecified atom stereocenters. The van der Waals surface area contributed by atoms with Crippen LogP contribution in [0.1, 0.15) is 34.7 Å². The zero-order valence-corrected chi connectivity index (χ0v) is 22.3. The van der Waals surface area contributed by atoms with Gasteiger partial charge in [0.2, 0.25) is 0 Å². The van der Waals surface area contributed by atoms with Crippen LogP contribution in [0.15, 0.2) is 83.8 Å². The molecular weight excluding hydrogens is 502 g/mol. The van der Waals surface area contributed by atoms with Crippen LogP contribution in [0.3, 0.4) is 0 Å². The van der Waals surface area contributed by atoms with Gasteiger partial charge in [-0.1, -0.05) is 66.2 Å². The molecule has 1 atom stereocenters. The van der Waals surface area contributed by atoms with E-state index in [1.165, 1.54) is 18.2 Å². The monoisotopic (exact) mass is 531 g/mol. The molecule has 0 bridgehead atoms. The SMILES string of the molecule is COC(=O)C1(C(=O)OC)Cc2c(n(S(=O)(=O)c3ccc(C)cc3)c3ccccc23)C(Cc2ccccc2)C1. The van der Waals surface area contributed by atoms with E-state index in [0.29, 0.717) is 28.6 Å². The number of fused-ring (bicyclic) bond motifs is 3. The molecule has 1 aliphatic carbocycles. The Hall–Kier alpha value is -3.91. The van der Waals surface area contributed by atoms with Crippen LogP contribution in [-0.4, -0.2) is 38.5 Å². The molecular formula is C30H29NO6S. The zero-order valence-electron chi connectivity index (χ0n) is 21.5. The second-order valence-corrected chi connectivity index (χ2v) is 11.6. The summed E-state index contributed by atoms with van der Waals surface area (Å²) in [5.74, 6) is -1.87. The molecule has 5 rings (SSSR count). The Morgan fingerprint density at radius 1 is 0.895 bits per heavy atom. The van der Waals surface area contributed by atoms with Crippen molar-refractivity contribution in [3.05, 3.63) is 101 Å². The third-order valence-corrected chi connectivity index (χ3v) is 9.21. The summed E-state index contributed by atoms with van der Waals surface area (Å²) < 4.78 is 40.1. The van der Waals surface area contributed by atoms with E-state index < -0.39 is 33.3 Å². The third-order valence-electron chi connectivity index (χ3n) is 7.47. The number of methoxy groups -OCH3 is 2. The lowest BCUT2D eigenvalue weighted by molar-refractivity contribution is -0.170. The van der Waals surface area contributed by atoms with E-state index >= 15 is 0 Å². The highest BCUT2D eigenvalue weighted by atomic mass is 32.2. The van der Waals surface area contributed by atoms with Gasteiger partial charge in [-0.25, -0.2) is 12.4 Å². The van der Waals surface area contributed by atoms with Gasteiger partial charge in [0.05, 0.1) is 24.6 Å². The molecule has 4 aromatic rings. The van der Waals surface area contributed by atoms with Crippen molar-refractivity contribution < 1.29 is 27.5 Å². The molecule has 0 saturated carbocycles. The molecule has 1 aliphatic rings. The fraction of sp³-hybridized carbons (Fsp3) is 0.267. The summed E-state index contributed by atoms with van der Waals surface area (Å²) in [6.07, 6.45) is 0.446. The summed E-state index contributed by atoms with van der Waals surface area (Å²) in [5.41, 5.74) is 2.03. The first-order valence-electron chi connectivity index (χ1n) is 12.4. The van der Waals surface area contributed by atoms with Gasteiger partial charge in [-0.05, 0) is 49.1 Å². The molecule has 8 heteroatoms. The molecule has 0 aliphatic heterocycles. The highest BCUT2D eigenvalue weighted by Crippen LogP contribution is 2.49. The van der Waals surface area contributed by atoms with Gasteiger partial charge >= 0.3 is 11.9 Å². The Balaban J connectivity index is 1.83. The third kappa shape index (κ3) is 4.09. The van der Waals surface area contributed by atoms with E-state index in [1.807, 2.05) is 49.4 Å². The Morgan fingerprint density at radius 3 is 2.13 bits per heavy atom. The first-order valence-corrected chi connectivity index (χ1v) is 13.8. The normalized spacial score (nSPS) is 16.6. The second kappa shape index (κ2) is 9.76. The molecule has 1 aromatic heterocycles. The smallest absolute Gasteiger partial charge is 0.323 e. The van der Waals surface area contributed by atoms with Crippen LogP contribution in [0.5, 0.6) is 0 Å². The molecule has 1 heterocycles. The fourth-order valence-corrected chi connectivity index (χ4v) is 7.34. The zero-order chi connectivity index (χ0) is 27.1. The van der Waals surface area contributed by atoms with Crippen molar-refractivity contribution in [1.82, 2.24) is 3.97 Å². The molecule has 3 aromatic carbocycles. The number of rotatable bonds is 6. The van der Waals surface area contributed by atoms with Crippen molar-refractivity contribution in [2.75, 3.05) is 14.2 Å². The molecule has 38 heavy (non-hydrogen) atoms. The van der Waals surface area contributed by atoms with E-state index in [-0.39, 0.29) is 17.7 Å². The molecule has 0 N–H and O–H groups in total. The number of ether oxygens (including phenoxy) is 2. The van der Waals surface area contributed by atoms with Crippen LogP contribution in [0.2, 0.25) is 0 Å². The lowest BCUT2D eigenvalue weighted by atomic mass is 9.67. The van der Waals surface area contributed by atoms with Gasteiger partial charge in [0.25, 0.3) is 10.0 Å². The topological polar surface area (TPSA) is 91.7 Å². The minimum Gasteiger partial charge on any atom is -0.468 e. The number of hydrogen-bond acceptors (Lipinski definition) is 6. The number of carbonyl (C=O) groups is 2. The summed E-state index contributed by atoms with van der Waals surface area (Å²) in [5, 5.41) is 0.674. The number of carbonyl (C=O) groups excluding carboxylic acids is 2. The van der Waals surface area contributed by atoms with Crippen LogP contribution in [0.25, 0.3) is 10.9 Å². The van der Waals surface area contributed by atoms with Crippen LogP contribution in [0.4, 0.5) is 0 Å². The Labute approximate surface area is 222 Å². The largest absolute Gasteiger partial charge is 0.468 e. The number of nitrogens with zero attached hydrogens (tertiary/aromatic N) is 1. The fourth-order valence-electron chi connectivity index (χ4n) is 5.71. The van der Waals surface area contributed by atoms with E-state index in [9.17, 15) is 18.0 Å². The number of aromatic nitrogens is 1. The first-order chi connectivity index (χ1) is 18.2. The Kier molecular flexibility index (Phi) is 6.61. The van der Waals surface area contributed by atoms with Crippen LogP contribution in [0, 0.1) is 12.3 Å². The molecule has 0 spiro atoms. The van der Waals surface area contributed by atoms with Gasteiger partial charge in [-0.2, -0.15) is 0 Å². The number of benzene rings is 3. The molecule has 0 fully saturated rings. The maximum absolute atomic E-state index is 14.2. The van der Waals surface area contributed by atoms with Crippen LogP contribution < -0.4 is 0 Å². The molecule has 7 nitrogen and oxygen atoms in total. The van der Waals surface area contributed by atoms with Crippen molar-refractivity contribution in [2.24, 2.45) is 5.41 Å². The van der Waals surface area contributed by atoms with Crippen molar-refractivity contribution in [2.45, 2.75) is 37.0 Å². The minimum absolute atomic E-state index is 0.0239. The number of para-hydroxylation sites is 1. The van der Waals surface area contributed by atoms with Crippen molar-refractivity contribution in [3.63, 3.8) is 0 Å². The van der Waals surface area contributed by atoms with Crippen LogP contribution in [-0.2, 0) is 41.9 Å². The Morgan fingerprint density at radius 2 is 1.50 bits per heavy atom. The molecule has 0 radical (unpaired) electrons. The van der Waals surface area contributed by atoms with Crippen molar-refractivity contribution >= 4 is 32.9 Å². The summed E-state index contributed by atoms with van der Waals surface area (Å²) in [7, 11) is -1.51. The van der Waals surface area contributed by atoms with Gasteiger partial charge in [0.15, 0.2) is 5.41 Å². The summed E-state index contributed by atoms with van der Waals surface area (Å²) in [6, 6.07) is 23.6. The lowest BCUT2D eigenvalue weighted by Gasteiger charge is -2.37. The predicted octanol–water partition coefficient (Wildman–Crippen LogP) is 4.79. The van der Waals surface area contributed by atoms with E-state index in [2.05, 4.69) is 0 Å². The lowest BCUT2D eigenvalue weighted by Crippen LogP contribution is -2.47. The van der Waals surface area contributed by atoms with Crippen molar-refractivity contribution in [1.29, 1.82) is 0 Å². The maximum Gasteiger partial charge on any atom is 0.323 e. The highest BCUT2D eigenvalue weighted by Gasteiger charge is 2.55. The van der Waals surface area contributed by atoms with E-state index in [0.717, 1.165) is 11.1 Å². The molecule has 0 saturated heterocycles. The summed E-state index contributed by atoms with van der Waals surface area (Å²) in [6.45, 7) is 1.90. The molecule has 0 amide bonds. The average molecular weight is 532 g/mol. The summed E-state index contributed by atoms with van der Waals surface area (Å²) in [4.78, 5) is 26.7. The van der Waals surface area contributed by atoms with Gasteiger partial charge in [-0.15, -0.1) is 0 Å². The van der Waals surface area contributed by atoms with E-state index in [1.54, 1.807) is 36.4 Å². The number of esters is 2. The Bertz CT molecular complexity index is 1600. The second-order valence-electron chi connectivity index (χ2n) is 9.80. The maximum atomic E-state index is 14.2. The van der Waals surface area contributed by atoms with Gasteiger partial charge in [0.1, 0.15) is 0 Å². The van der Waals surface area contributed by atoms with E-state index in [4.69, 9.17) is 9.47 Å². The molecule has 196 valence electrons. The highest BCUT2D eigenvalue weighted by molar-refractivity contribution is 7.90. The first kappa shape index (κ1) is 25.7. The van der Waals surface area contributed by atoms with Crippen LogP contribution >= 0.6 is 0 Å². The standard InChI is InChI=1S/C30H29NO6S/c1-20-13-15-23(16-14-20)38(34,35)31-26-12-8-7-11-24(26)25-19-30(28(32)36-2,29(33)37-3)18-22(27(25)31)17-21-9-5-4-6-10-21/h4-16,22H,17-19H2,1-3H3.